The van der Waals surface area contributed by atoms with Crippen LogP contribution in [0.4, 0.5) is 0 Å². The molecule has 1 saturated heterocycles. The quantitative estimate of drug-likeness (QED) is 0.441. The molecule has 1 aliphatic rings. The van der Waals surface area contributed by atoms with Crippen LogP contribution in [0.5, 0.6) is 0 Å². The molecule has 1 fully saturated rings. The fourth-order valence-electron chi connectivity index (χ4n) is 2.22. The predicted octanol–water partition coefficient (Wildman–Crippen LogP) is 0.466. The minimum Gasteiger partial charge on any atom is -0.294 e. The van der Waals surface area contributed by atoms with Crippen molar-refractivity contribution >= 4 is 5.91 Å². The van der Waals surface area contributed by atoms with Gasteiger partial charge in [-0.15, -0.1) is 0 Å². The van der Waals surface area contributed by atoms with Gasteiger partial charge in [0, 0.05) is 6.54 Å². The van der Waals surface area contributed by atoms with Crippen molar-refractivity contribution in [2.75, 3.05) is 19.6 Å². The number of nitrogens with zero attached hydrogens (tertiary/aromatic N) is 1. The van der Waals surface area contributed by atoms with Crippen LogP contribution in [0.15, 0.2) is 30.3 Å². The molecule has 1 aliphatic heterocycles. The molecule has 1 unspecified atom stereocenters. The third-order valence-corrected chi connectivity index (χ3v) is 3.07. The molecule has 0 aromatic heterocycles. The van der Waals surface area contributed by atoms with Crippen LogP contribution in [0, 0.1) is 0 Å². The van der Waals surface area contributed by atoms with Crippen LogP contribution < -0.4 is 11.3 Å². The second-order valence-electron chi connectivity index (χ2n) is 4.20. The Bertz CT molecular complexity index is 353. The van der Waals surface area contributed by atoms with Crippen molar-refractivity contribution in [1.82, 2.24) is 10.3 Å². The second kappa shape index (κ2) is 5.09. The largest absolute Gasteiger partial charge is 0.294 e. The standard InChI is InChI=1S/C12H17N3O/c13-14-12(16)9-15-7-6-11(8-15)10-4-2-1-3-5-10/h1-5,11H,6-9,13H2,(H,14,16). The van der Waals surface area contributed by atoms with Gasteiger partial charge in [0.1, 0.15) is 0 Å². The number of nitrogens with one attached hydrogen (secondary N) is 1. The molecule has 1 heterocycles. The average Bonchev–Trinajstić information content (AvgIpc) is 2.78. The van der Waals surface area contributed by atoms with Crippen molar-refractivity contribution < 1.29 is 4.79 Å². The molecule has 1 amide bonds. The van der Waals surface area contributed by atoms with Crippen LogP contribution in [0.1, 0.15) is 17.9 Å². The number of rotatable bonds is 3. The van der Waals surface area contributed by atoms with Gasteiger partial charge in [-0.1, -0.05) is 30.3 Å². The number of nitrogens with two attached hydrogens (primary N) is 1. The Morgan fingerprint density at radius 3 is 2.88 bits per heavy atom. The first-order valence-corrected chi connectivity index (χ1v) is 5.56. The summed E-state index contributed by atoms with van der Waals surface area (Å²) in [5.74, 6) is 5.50. The van der Waals surface area contributed by atoms with Crippen LogP contribution in [-0.2, 0) is 4.79 Å². The van der Waals surface area contributed by atoms with E-state index in [0.717, 1.165) is 19.5 Å². The second-order valence-corrected chi connectivity index (χ2v) is 4.20. The van der Waals surface area contributed by atoms with E-state index in [-0.39, 0.29) is 5.91 Å². The fraction of sp³-hybridized carbons (Fsp3) is 0.417. The van der Waals surface area contributed by atoms with E-state index < -0.39 is 0 Å². The van der Waals surface area contributed by atoms with E-state index in [4.69, 9.17) is 5.84 Å². The highest BCUT2D eigenvalue weighted by Crippen LogP contribution is 2.26. The van der Waals surface area contributed by atoms with Crippen molar-refractivity contribution in [3.8, 4) is 0 Å². The predicted molar refractivity (Wildman–Crippen MR) is 62.6 cm³/mol. The lowest BCUT2D eigenvalue weighted by Crippen LogP contribution is -2.39. The molecule has 4 heteroatoms. The van der Waals surface area contributed by atoms with E-state index in [2.05, 4.69) is 34.6 Å². The van der Waals surface area contributed by atoms with Crippen LogP contribution >= 0.6 is 0 Å². The summed E-state index contributed by atoms with van der Waals surface area (Å²) in [5.41, 5.74) is 3.53. The highest BCUT2D eigenvalue weighted by Gasteiger charge is 2.24. The molecule has 86 valence electrons. The Labute approximate surface area is 95.4 Å². The van der Waals surface area contributed by atoms with Crippen molar-refractivity contribution in [3.63, 3.8) is 0 Å². The van der Waals surface area contributed by atoms with Gasteiger partial charge in [0.2, 0.25) is 5.91 Å². The fourth-order valence-corrected chi connectivity index (χ4v) is 2.22. The summed E-state index contributed by atoms with van der Waals surface area (Å²) in [6, 6.07) is 10.4. The van der Waals surface area contributed by atoms with Gasteiger partial charge in [0.05, 0.1) is 6.54 Å². The van der Waals surface area contributed by atoms with Crippen LogP contribution in [-0.4, -0.2) is 30.4 Å². The zero-order chi connectivity index (χ0) is 11.4. The first-order valence-electron chi connectivity index (χ1n) is 5.56. The number of hydrogen-bond acceptors (Lipinski definition) is 3. The highest BCUT2D eigenvalue weighted by molar-refractivity contribution is 5.77. The molecule has 16 heavy (non-hydrogen) atoms. The number of carbonyl (C=O) groups is 1. The van der Waals surface area contributed by atoms with Crippen LogP contribution in [0.25, 0.3) is 0 Å². The Morgan fingerprint density at radius 1 is 1.44 bits per heavy atom. The highest BCUT2D eigenvalue weighted by atomic mass is 16.2. The maximum atomic E-state index is 11.1. The first kappa shape index (κ1) is 11.1. The Morgan fingerprint density at radius 2 is 2.19 bits per heavy atom. The summed E-state index contributed by atoms with van der Waals surface area (Å²) in [7, 11) is 0. The number of benzene rings is 1. The minimum atomic E-state index is -0.117. The summed E-state index contributed by atoms with van der Waals surface area (Å²) >= 11 is 0. The molecule has 1 aromatic carbocycles. The molecule has 0 radical (unpaired) electrons. The van der Waals surface area contributed by atoms with Crippen molar-refractivity contribution in [2.24, 2.45) is 5.84 Å². The first-order chi connectivity index (χ1) is 7.79. The smallest absolute Gasteiger partial charge is 0.248 e. The number of likely N-dealkylation sites (tertiary alicyclic amines) is 1. The van der Waals surface area contributed by atoms with E-state index in [1.54, 1.807) is 0 Å². The van der Waals surface area contributed by atoms with E-state index >= 15 is 0 Å². The van der Waals surface area contributed by atoms with Crippen LogP contribution in [0.2, 0.25) is 0 Å². The van der Waals surface area contributed by atoms with Gasteiger partial charge in [-0.05, 0) is 24.4 Å². The molecule has 1 atom stereocenters. The number of carbonyl (C=O) groups excluding carboxylic acids is 1. The average molecular weight is 219 g/mol. The van der Waals surface area contributed by atoms with Gasteiger partial charge in [0.25, 0.3) is 0 Å². The molecule has 2 rings (SSSR count). The topological polar surface area (TPSA) is 58.4 Å². The van der Waals surface area contributed by atoms with Gasteiger partial charge >= 0.3 is 0 Å². The summed E-state index contributed by atoms with van der Waals surface area (Å²) in [6.07, 6.45) is 1.11. The Hall–Kier alpha value is -1.39. The van der Waals surface area contributed by atoms with Gasteiger partial charge in [-0.25, -0.2) is 5.84 Å². The summed E-state index contributed by atoms with van der Waals surface area (Å²) < 4.78 is 0. The SMILES string of the molecule is NNC(=O)CN1CCC(c2ccccc2)C1. The third-order valence-electron chi connectivity index (χ3n) is 3.07. The zero-order valence-corrected chi connectivity index (χ0v) is 9.23. The Kier molecular flexibility index (Phi) is 3.54. The lowest BCUT2D eigenvalue weighted by atomic mass is 9.99. The van der Waals surface area contributed by atoms with Gasteiger partial charge in [0.15, 0.2) is 0 Å². The van der Waals surface area contributed by atoms with Crippen molar-refractivity contribution in [2.45, 2.75) is 12.3 Å². The summed E-state index contributed by atoms with van der Waals surface area (Å²) in [4.78, 5) is 13.3. The minimum absolute atomic E-state index is 0.117. The Balaban J connectivity index is 1.91. The lowest BCUT2D eigenvalue weighted by Gasteiger charge is -2.14. The molecule has 0 bridgehead atoms. The van der Waals surface area contributed by atoms with E-state index in [1.807, 2.05) is 6.07 Å². The molecule has 0 saturated carbocycles. The van der Waals surface area contributed by atoms with Gasteiger partial charge in [-0.3, -0.25) is 15.1 Å². The maximum Gasteiger partial charge on any atom is 0.248 e. The molecule has 1 aromatic rings. The van der Waals surface area contributed by atoms with E-state index in [0.29, 0.717) is 12.5 Å². The molecule has 0 aliphatic carbocycles. The monoisotopic (exact) mass is 219 g/mol. The number of hydrazine groups is 1. The van der Waals surface area contributed by atoms with Crippen LogP contribution in [0.3, 0.4) is 0 Å². The maximum absolute atomic E-state index is 11.1. The number of amides is 1. The third kappa shape index (κ3) is 2.59. The van der Waals surface area contributed by atoms with Crippen molar-refractivity contribution in [1.29, 1.82) is 0 Å². The number of hydrogen-bond donors (Lipinski definition) is 2. The molecular weight excluding hydrogens is 202 g/mol. The summed E-state index contributed by atoms with van der Waals surface area (Å²) in [6.45, 7) is 2.31. The molecule has 3 N–H and O–H groups in total. The normalized spacial score (nSPS) is 20.9. The van der Waals surface area contributed by atoms with Crippen molar-refractivity contribution in [3.05, 3.63) is 35.9 Å². The van der Waals surface area contributed by atoms with Gasteiger partial charge in [-0.2, -0.15) is 0 Å². The lowest BCUT2D eigenvalue weighted by molar-refractivity contribution is -0.122. The summed E-state index contributed by atoms with van der Waals surface area (Å²) in [5, 5.41) is 0. The molecule has 4 nitrogen and oxygen atoms in total. The zero-order valence-electron chi connectivity index (χ0n) is 9.23. The van der Waals surface area contributed by atoms with E-state index in [9.17, 15) is 4.79 Å². The molecular formula is C12H17N3O. The molecule has 0 spiro atoms. The van der Waals surface area contributed by atoms with E-state index in [1.165, 1.54) is 5.56 Å². The van der Waals surface area contributed by atoms with Gasteiger partial charge < -0.3 is 0 Å².